The standard InChI is InChI=1S/C18H28ClNO/c19-15-10-16-7-8-17(11-15)20(16)18(21)14-6-5-12-3-1-2-4-13(12)9-14/h12-17H,1-11H2. The van der Waals surface area contributed by atoms with Gasteiger partial charge in [0.1, 0.15) is 0 Å². The Morgan fingerprint density at radius 3 is 2.19 bits per heavy atom. The molecule has 3 heteroatoms. The third-order valence-electron chi connectivity index (χ3n) is 6.82. The normalized spacial score (nSPS) is 46.2. The quantitative estimate of drug-likeness (QED) is 0.659. The van der Waals surface area contributed by atoms with E-state index in [4.69, 9.17) is 11.6 Å². The van der Waals surface area contributed by atoms with Gasteiger partial charge in [-0.3, -0.25) is 4.79 Å². The van der Waals surface area contributed by atoms with E-state index in [1.165, 1.54) is 51.4 Å². The molecule has 2 saturated carbocycles. The molecule has 21 heavy (non-hydrogen) atoms. The van der Waals surface area contributed by atoms with E-state index in [2.05, 4.69) is 4.90 Å². The maximum absolute atomic E-state index is 13.1. The molecule has 2 heterocycles. The second-order valence-corrected chi connectivity index (χ2v) is 8.63. The summed E-state index contributed by atoms with van der Waals surface area (Å²) in [6, 6.07) is 0.922. The molecule has 0 aromatic heterocycles. The molecule has 5 unspecified atom stereocenters. The minimum absolute atomic E-state index is 0.306. The summed E-state index contributed by atoms with van der Waals surface area (Å²) in [4.78, 5) is 15.4. The fraction of sp³-hybridized carbons (Fsp3) is 0.944. The molecule has 5 atom stereocenters. The van der Waals surface area contributed by atoms with Crippen LogP contribution in [-0.2, 0) is 4.79 Å². The number of carbonyl (C=O) groups excluding carboxylic acids is 1. The van der Waals surface area contributed by atoms with Crippen molar-refractivity contribution in [2.45, 2.75) is 88.1 Å². The zero-order valence-corrected chi connectivity index (χ0v) is 13.7. The SMILES string of the molecule is O=C(C1CCC2CCCCC2C1)N1C2CCC1CC(Cl)C2. The molecule has 2 nitrogen and oxygen atoms in total. The minimum Gasteiger partial charge on any atom is -0.336 e. The van der Waals surface area contributed by atoms with Gasteiger partial charge in [-0.25, -0.2) is 0 Å². The second-order valence-electron chi connectivity index (χ2n) is 8.01. The number of hydrogen-bond acceptors (Lipinski definition) is 1. The zero-order chi connectivity index (χ0) is 14.4. The smallest absolute Gasteiger partial charge is 0.226 e. The first-order valence-corrected chi connectivity index (χ1v) is 9.62. The molecule has 2 aliphatic heterocycles. The van der Waals surface area contributed by atoms with Crippen molar-refractivity contribution in [3.63, 3.8) is 0 Å². The molecule has 0 aromatic rings. The number of hydrogen-bond donors (Lipinski definition) is 0. The van der Waals surface area contributed by atoms with Gasteiger partial charge < -0.3 is 4.90 Å². The third kappa shape index (κ3) is 2.62. The lowest BCUT2D eigenvalue weighted by molar-refractivity contribution is -0.142. The minimum atomic E-state index is 0.306. The van der Waals surface area contributed by atoms with Crippen molar-refractivity contribution in [2.24, 2.45) is 17.8 Å². The van der Waals surface area contributed by atoms with E-state index in [1.54, 1.807) is 0 Å². The van der Waals surface area contributed by atoms with E-state index < -0.39 is 0 Å². The number of halogens is 1. The van der Waals surface area contributed by atoms with E-state index in [-0.39, 0.29) is 0 Å². The summed E-state index contributed by atoms with van der Waals surface area (Å²) in [5.41, 5.74) is 0. The van der Waals surface area contributed by atoms with Crippen molar-refractivity contribution < 1.29 is 4.79 Å². The van der Waals surface area contributed by atoms with Gasteiger partial charge in [-0.05, 0) is 56.8 Å². The molecule has 4 aliphatic rings. The van der Waals surface area contributed by atoms with Gasteiger partial charge in [0.25, 0.3) is 0 Å². The Morgan fingerprint density at radius 2 is 1.48 bits per heavy atom. The number of rotatable bonds is 1. The first-order chi connectivity index (χ1) is 10.2. The van der Waals surface area contributed by atoms with Crippen LogP contribution in [0.25, 0.3) is 0 Å². The van der Waals surface area contributed by atoms with Crippen molar-refractivity contribution >= 4 is 17.5 Å². The third-order valence-corrected chi connectivity index (χ3v) is 7.18. The van der Waals surface area contributed by atoms with Crippen LogP contribution in [0.3, 0.4) is 0 Å². The Balaban J connectivity index is 1.43. The summed E-state index contributed by atoms with van der Waals surface area (Å²) >= 11 is 6.36. The number of fused-ring (bicyclic) bond motifs is 3. The highest BCUT2D eigenvalue weighted by Crippen LogP contribution is 2.45. The van der Waals surface area contributed by atoms with Crippen molar-refractivity contribution in [3.05, 3.63) is 0 Å². The predicted molar refractivity (Wildman–Crippen MR) is 85.3 cm³/mol. The Morgan fingerprint density at radius 1 is 0.810 bits per heavy atom. The lowest BCUT2D eigenvalue weighted by Gasteiger charge is -2.43. The average molecular weight is 310 g/mol. The summed E-state index contributed by atoms with van der Waals surface area (Å²) in [5.74, 6) is 2.62. The highest BCUT2D eigenvalue weighted by Gasteiger charge is 2.45. The van der Waals surface area contributed by atoms with Crippen LogP contribution in [0.2, 0.25) is 0 Å². The molecule has 118 valence electrons. The maximum Gasteiger partial charge on any atom is 0.226 e. The second kappa shape index (κ2) is 5.76. The van der Waals surface area contributed by atoms with Crippen LogP contribution in [-0.4, -0.2) is 28.3 Å². The summed E-state index contributed by atoms with van der Waals surface area (Å²) in [5, 5.41) is 0.306. The number of amides is 1. The molecule has 0 N–H and O–H groups in total. The summed E-state index contributed by atoms with van der Waals surface area (Å²) in [6.07, 6.45) is 13.7. The molecular formula is C18H28ClNO. The summed E-state index contributed by atoms with van der Waals surface area (Å²) in [7, 11) is 0. The Kier molecular flexibility index (Phi) is 3.94. The van der Waals surface area contributed by atoms with Crippen LogP contribution in [0.5, 0.6) is 0 Å². The van der Waals surface area contributed by atoms with Crippen molar-refractivity contribution in [1.82, 2.24) is 4.90 Å². The van der Waals surface area contributed by atoms with Gasteiger partial charge in [0.05, 0.1) is 0 Å². The molecule has 1 amide bonds. The van der Waals surface area contributed by atoms with Crippen LogP contribution in [0, 0.1) is 17.8 Å². The lowest BCUT2D eigenvalue weighted by Crippen LogP contribution is -2.50. The molecule has 2 saturated heterocycles. The highest BCUT2D eigenvalue weighted by molar-refractivity contribution is 6.20. The van der Waals surface area contributed by atoms with Gasteiger partial charge in [-0.15, -0.1) is 11.6 Å². The van der Waals surface area contributed by atoms with Gasteiger partial charge in [0.15, 0.2) is 0 Å². The first-order valence-electron chi connectivity index (χ1n) is 9.18. The van der Waals surface area contributed by atoms with E-state index in [0.717, 1.165) is 31.1 Å². The number of alkyl halides is 1. The molecule has 0 spiro atoms. The van der Waals surface area contributed by atoms with Crippen molar-refractivity contribution in [2.75, 3.05) is 0 Å². The predicted octanol–water partition coefficient (Wildman–Crippen LogP) is 4.35. The van der Waals surface area contributed by atoms with Crippen LogP contribution in [0.1, 0.15) is 70.6 Å². The Labute approximate surface area is 133 Å². The molecule has 0 aromatic carbocycles. The topological polar surface area (TPSA) is 20.3 Å². The summed E-state index contributed by atoms with van der Waals surface area (Å²) < 4.78 is 0. The molecular weight excluding hydrogens is 282 g/mol. The average Bonchev–Trinajstić information content (AvgIpc) is 2.78. The Bertz CT molecular complexity index is 398. The first kappa shape index (κ1) is 14.4. The van der Waals surface area contributed by atoms with Gasteiger partial charge in [0, 0.05) is 23.4 Å². The number of carbonyl (C=O) groups is 1. The molecule has 0 radical (unpaired) electrons. The van der Waals surface area contributed by atoms with Gasteiger partial charge in [0.2, 0.25) is 5.91 Å². The molecule has 2 aliphatic carbocycles. The van der Waals surface area contributed by atoms with Gasteiger partial charge >= 0.3 is 0 Å². The fourth-order valence-electron chi connectivity index (χ4n) is 5.78. The van der Waals surface area contributed by atoms with Gasteiger partial charge in [-0.2, -0.15) is 0 Å². The lowest BCUT2D eigenvalue weighted by atomic mass is 9.67. The Hall–Kier alpha value is -0.240. The summed E-state index contributed by atoms with van der Waals surface area (Å²) in [6.45, 7) is 0. The highest BCUT2D eigenvalue weighted by atomic mass is 35.5. The largest absolute Gasteiger partial charge is 0.336 e. The van der Waals surface area contributed by atoms with Crippen molar-refractivity contribution in [3.8, 4) is 0 Å². The van der Waals surface area contributed by atoms with Crippen LogP contribution >= 0.6 is 11.6 Å². The molecule has 2 bridgehead atoms. The molecule has 4 rings (SSSR count). The van der Waals surface area contributed by atoms with Gasteiger partial charge in [-0.1, -0.05) is 25.7 Å². The zero-order valence-electron chi connectivity index (χ0n) is 13.0. The van der Waals surface area contributed by atoms with Crippen LogP contribution in [0.15, 0.2) is 0 Å². The van der Waals surface area contributed by atoms with Crippen LogP contribution in [0.4, 0.5) is 0 Å². The maximum atomic E-state index is 13.1. The van der Waals surface area contributed by atoms with E-state index >= 15 is 0 Å². The number of piperidine rings is 1. The van der Waals surface area contributed by atoms with Crippen LogP contribution < -0.4 is 0 Å². The van der Waals surface area contributed by atoms with Crippen molar-refractivity contribution in [1.29, 1.82) is 0 Å². The van der Waals surface area contributed by atoms with E-state index in [0.29, 0.717) is 29.3 Å². The molecule has 4 fully saturated rings. The fourth-order valence-corrected chi connectivity index (χ4v) is 6.19. The van der Waals surface area contributed by atoms with E-state index in [9.17, 15) is 4.79 Å². The van der Waals surface area contributed by atoms with E-state index in [1.807, 2.05) is 0 Å². The monoisotopic (exact) mass is 309 g/mol. The number of nitrogens with zero attached hydrogens (tertiary/aromatic N) is 1.